The fraction of sp³-hybridized carbons (Fsp3) is 0.500. The molecule has 0 saturated carbocycles. The van der Waals surface area contributed by atoms with Crippen molar-refractivity contribution < 1.29 is 14.3 Å². The van der Waals surface area contributed by atoms with Gasteiger partial charge in [-0.3, -0.25) is 4.79 Å². The summed E-state index contributed by atoms with van der Waals surface area (Å²) in [5, 5.41) is 1.13. The third-order valence-corrected chi connectivity index (χ3v) is 3.54. The van der Waals surface area contributed by atoms with Gasteiger partial charge in [-0.25, -0.2) is 0 Å². The molecule has 1 aromatic carbocycles. The first-order valence-electron chi connectivity index (χ1n) is 6.53. The van der Waals surface area contributed by atoms with E-state index in [1.54, 1.807) is 11.0 Å². The van der Waals surface area contributed by atoms with Gasteiger partial charge < -0.3 is 14.4 Å². The minimum atomic E-state index is -0.203. The maximum atomic E-state index is 12.0. The average molecular weight is 318 g/mol. The Morgan fingerprint density at radius 3 is 2.75 bits per heavy atom. The van der Waals surface area contributed by atoms with Crippen LogP contribution in [0.2, 0.25) is 10.0 Å². The summed E-state index contributed by atoms with van der Waals surface area (Å²) in [6.07, 6.45) is -0.203. The summed E-state index contributed by atoms with van der Waals surface area (Å²) in [6.45, 7) is 4.07. The van der Waals surface area contributed by atoms with E-state index in [0.29, 0.717) is 36.3 Å². The van der Waals surface area contributed by atoms with Gasteiger partial charge in [0.05, 0.1) is 13.2 Å². The molecule has 20 heavy (non-hydrogen) atoms. The third-order valence-electron chi connectivity index (χ3n) is 3.11. The van der Waals surface area contributed by atoms with E-state index in [-0.39, 0.29) is 18.6 Å². The molecule has 1 aliphatic heterocycles. The zero-order valence-corrected chi connectivity index (χ0v) is 12.8. The van der Waals surface area contributed by atoms with Crippen molar-refractivity contribution >= 4 is 29.1 Å². The second kappa shape index (κ2) is 7.27. The van der Waals surface area contributed by atoms with Gasteiger partial charge in [0.1, 0.15) is 12.7 Å². The highest BCUT2D eigenvalue weighted by Crippen LogP contribution is 2.28. The summed E-state index contributed by atoms with van der Waals surface area (Å²) in [4.78, 5) is 13.7. The van der Waals surface area contributed by atoms with E-state index < -0.39 is 0 Å². The monoisotopic (exact) mass is 317 g/mol. The molecule has 2 rings (SSSR count). The second-order valence-corrected chi connectivity index (χ2v) is 5.41. The number of hydrogen-bond donors (Lipinski definition) is 0. The van der Waals surface area contributed by atoms with Crippen molar-refractivity contribution in [3.63, 3.8) is 0 Å². The Balaban J connectivity index is 2.04. The minimum absolute atomic E-state index is 0.0201. The number of rotatable bonds is 4. The average Bonchev–Trinajstić information content (AvgIpc) is 2.44. The molecule has 1 unspecified atom stereocenters. The van der Waals surface area contributed by atoms with Crippen LogP contribution >= 0.6 is 23.2 Å². The van der Waals surface area contributed by atoms with Crippen LogP contribution in [0.3, 0.4) is 0 Å². The molecule has 0 spiro atoms. The summed E-state index contributed by atoms with van der Waals surface area (Å²) in [5.41, 5.74) is 0.886. The quantitative estimate of drug-likeness (QED) is 0.857. The van der Waals surface area contributed by atoms with Gasteiger partial charge in [0.2, 0.25) is 5.91 Å². The fourth-order valence-electron chi connectivity index (χ4n) is 2.12. The Bertz CT molecular complexity index is 461. The Hall–Kier alpha value is -0.810. The molecule has 1 saturated heterocycles. The molecular weight excluding hydrogens is 301 g/mol. The number of halogens is 2. The summed E-state index contributed by atoms with van der Waals surface area (Å²) < 4.78 is 10.9. The number of nitrogens with zero attached hydrogens (tertiary/aromatic N) is 1. The largest absolute Gasteiger partial charge is 0.372 e. The van der Waals surface area contributed by atoms with Crippen molar-refractivity contribution in [3.8, 4) is 0 Å². The van der Waals surface area contributed by atoms with Crippen LogP contribution in [0.1, 0.15) is 18.6 Å². The summed E-state index contributed by atoms with van der Waals surface area (Å²) >= 11 is 12.0. The molecule has 1 aliphatic rings. The second-order valence-electron chi connectivity index (χ2n) is 4.54. The van der Waals surface area contributed by atoms with Crippen molar-refractivity contribution in [2.24, 2.45) is 0 Å². The van der Waals surface area contributed by atoms with Gasteiger partial charge in [-0.05, 0) is 30.7 Å². The van der Waals surface area contributed by atoms with Crippen molar-refractivity contribution in [3.05, 3.63) is 33.8 Å². The normalized spacial score (nSPS) is 19.1. The SMILES string of the molecule is CCOCC(=O)N1CCOC(c2cc(Cl)cc(Cl)c2)C1. The van der Waals surface area contributed by atoms with Gasteiger partial charge in [-0.15, -0.1) is 0 Å². The van der Waals surface area contributed by atoms with Crippen molar-refractivity contribution in [2.45, 2.75) is 13.0 Å². The maximum Gasteiger partial charge on any atom is 0.248 e. The lowest BCUT2D eigenvalue weighted by molar-refractivity contribution is -0.143. The van der Waals surface area contributed by atoms with Crippen molar-refractivity contribution in [1.82, 2.24) is 4.90 Å². The number of hydrogen-bond acceptors (Lipinski definition) is 3. The molecule has 0 aromatic heterocycles. The first kappa shape index (κ1) is 15.6. The number of amides is 1. The number of carbonyl (C=O) groups excluding carboxylic acids is 1. The molecule has 4 nitrogen and oxygen atoms in total. The number of benzene rings is 1. The van der Waals surface area contributed by atoms with Gasteiger partial charge in [-0.2, -0.15) is 0 Å². The lowest BCUT2D eigenvalue weighted by Crippen LogP contribution is -2.43. The maximum absolute atomic E-state index is 12.0. The Morgan fingerprint density at radius 1 is 1.40 bits per heavy atom. The molecule has 1 amide bonds. The Morgan fingerprint density at radius 2 is 2.10 bits per heavy atom. The van der Waals surface area contributed by atoms with E-state index in [1.807, 2.05) is 19.1 Å². The standard InChI is InChI=1S/C14H17Cl2NO3/c1-2-19-9-14(18)17-3-4-20-13(8-17)10-5-11(15)7-12(16)6-10/h5-7,13H,2-4,8-9H2,1H3. The zero-order chi connectivity index (χ0) is 14.5. The lowest BCUT2D eigenvalue weighted by atomic mass is 10.1. The van der Waals surface area contributed by atoms with Crippen LogP contribution in [0.5, 0.6) is 0 Å². The highest BCUT2D eigenvalue weighted by Gasteiger charge is 2.25. The van der Waals surface area contributed by atoms with Gasteiger partial charge in [0.15, 0.2) is 0 Å². The topological polar surface area (TPSA) is 38.8 Å². The smallest absolute Gasteiger partial charge is 0.248 e. The summed E-state index contributed by atoms with van der Waals surface area (Å²) in [5.74, 6) is -0.0201. The van der Waals surface area contributed by atoms with Crippen LogP contribution in [0.15, 0.2) is 18.2 Å². The first-order valence-corrected chi connectivity index (χ1v) is 7.29. The molecule has 110 valence electrons. The third kappa shape index (κ3) is 4.09. The van der Waals surface area contributed by atoms with Crippen molar-refractivity contribution in [2.75, 3.05) is 32.9 Å². The van der Waals surface area contributed by atoms with E-state index in [0.717, 1.165) is 5.56 Å². The molecule has 1 atom stereocenters. The van der Waals surface area contributed by atoms with E-state index in [9.17, 15) is 4.79 Å². The first-order chi connectivity index (χ1) is 9.60. The van der Waals surface area contributed by atoms with Crippen LogP contribution in [-0.2, 0) is 14.3 Å². The van der Waals surface area contributed by atoms with E-state index in [1.165, 1.54) is 0 Å². The van der Waals surface area contributed by atoms with Gasteiger partial charge in [-0.1, -0.05) is 23.2 Å². The van der Waals surface area contributed by atoms with Crippen LogP contribution in [0, 0.1) is 0 Å². The van der Waals surface area contributed by atoms with Crippen LogP contribution in [0.4, 0.5) is 0 Å². The fourth-order valence-corrected chi connectivity index (χ4v) is 2.66. The van der Waals surface area contributed by atoms with Gasteiger partial charge >= 0.3 is 0 Å². The van der Waals surface area contributed by atoms with Gasteiger partial charge in [0.25, 0.3) is 0 Å². The molecule has 0 N–H and O–H groups in total. The highest BCUT2D eigenvalue weighted by molar-refractivity contribution is 6.34. The molecule has 1 fully saturated rings. The number of carbonyl (C=O) groups is 1. The predicted octanol–water partition coefficient (Wildman–Crippen LogP) is 2.93. The molecule has 0 aliphatic carbocycles. The molecule has 6 heteroatoms. The van der Waals surface area contributed by atoms with Crippen LogP contribution < -0.4 is 0 Å². The molecule has 0 bridgehead atoms. The van der Waals surface area contributed by atoms with Crippen LogP contribution in [-0.4, -0.2) is 43.7 Å². The zero-order valence-electron chi connectivity index (χ0n) is 11.3. The Labute approximate surface area is 128 Å². The molecular formula is C14H17Cl2NO3. The lowest BCUT2D eigenvalue weighted by Gasteiger charge is -2.33. The van der Waals surface area contributed by atoms with E-state index >= 15 is 0 Å². The van der Waals surface area contributed by atoms with Gasteiger partial charge in [0, 0.05) is 23.2 Å². The molecule has 1 heterocycles. The molecule has 0 radical (unpaired) electrons. The Kier molecular flexibility index (Phi) is 5.66. The number of ether oxygens (including phenoxy) is 2. The predicted molar refractivity (Wildman–Crippen MR) is 78.2 cm³/mol. The van der Waals surface area contributed by atoms with E-state index in [2.05, 4.69) is 0 Å². The van der Waals surface area contributed by atoms with E-state index in [4.69, 9.17) is 32.7 Å². The van der Waals surface area contributed by atoms with Crippen molar-refractivity contribution in [1.29, 1.82) is 0 Å². The number of morpholine rings is 1. The van der Waals surface area contributed by atoms with Crippen LogP contribution in [0.25, 0.3) is 0 Å². The summed E-state index contributed by atoms with van der Waals surface area (Å²) in [6, 6.07) is 5.30. The highest BCUT2D eigenvalue weighted by atomic mass is 35.5. The minimum Gasteiger partial charge on any atom is -0.372 e. The molecule has 1 aromatic rings. The summed E-state index contributed by atoms with van der Waals surface area (Å²) in [7, 11) is 0.